The number of hydrogen-bond acceptors (Lipinski definition) is 4. The van der Waals surface area contributed by atoms with Crippen LogP contribution in [0.4, 0.5) is 13.2 Å². The summed E-state index contributed by atoms with van der Waals surface area (Å²) in [4.78, 5) is 21.8. The highest BCUT2D eigenvalue weighted by Crippen LogP contribution is 2.17. The van der Waals surface area contributed by atoms with E-state index in [9.17, 15) is 22.8 Å². The third-order valence-electron chi connectivity index (χ3n) is 1.72. The van der Waals surface area contributed by atoms with Crippen molar-refractivity contribution in [2.24, 2.45) is 0 Å². The number of hydrogen-bond donors (Lipinski definition) is 0. The summed E-state index contributed by atoms with van der Waals surface area (Å²) in [5.74, 6) is -1.45. The SMILES string of the molecule is CC(=O)Oc1ccc(C(=O)OCC(F)(F)F)cc1. The molecule has 0 spiro atoms. The van der Waals surface area contributed by atoms with E-state index in [2.05, 4.69) is 4.74 Å². The van der Waals surface area contributed by atoms with Crippen LogP contribution < -0.4 is 4.74 Å². The van der Waals surface area contributed by atoms with Gasteiger partial charge in [0.05, 0.1) is 5.56 Å². The average molecular weight is 262 g/mol. The molecular weight excluding hydrogens is 253 g/mol. The van der Waals surface area contributed by atoms with Gasteiger partial charge >= 0.3 is 18.1 Å². The molecule has 1 rings (SSSR count). The molecule has 0 bridgehead atoms. The van der Waals surface area contributed by atoms with Crippen molar-refractivity contribution < 1.29 is 32.2 Å². The number of esters is 2. The normalized spacial score (nSPS) is 10.9. The Morgan fingerprint density at radius 2 is 1.72 bits per heavy atom. The Kier molecular flexibility index (Phi) is 4.30. The molecule has 0 aliphatic carbocycles. The fraction of sp³-hybridized carbons (Fsp3) is 0.273. The number of carbonyl (C=O) groups is 2. The molecule has 0 heterocycles. The second-order valence-electron chi connectivity index (χ2n) is 3.31. The lowest BCUT2D eigenvalue weighted by atomic mass is 10.2. The third kappa shape index (κ3) is 4.86. The van der Waals surface area contributed by atoms with Gasteiger partial charge in [-0.3, -0.25) is 4.79 Å². The number of benzene rings is 1. The monoisotopic (exact) mass is 262 g/mol. The van der Waals surface area contributed by atoms with Crippen LogP contribution >= 0.6 is 0 Å². The molecule has 0 aliphatic heterocycles. The molecule has 1 aromatic rings. The predicted octanol–water partition coefficient (Wildman–Crippen LogP) is 2.33. The van der Waals surface area contributed by atoms with Gasteiger partial charge in [0.2, 0.25) is 0 Å². The lowest BCUT2D eigenvalue weighted by molar-refractivity contribution is -0.161. The number of alkyl halides is 3. The second kappa shape index (κ2) is 5.52. The highest BCUT2D eigenvalue weighted by atomic mass is 19.4. The predicted molar refractivity (Wildman–Crippen MR) is 54.1 cm³/mol. The number of halogens is 3. The van der Waals surface area contributed by atoms with Gasteiger partial charge < -0.3 is 9.47 Å². The molecule has 7 heteroatoms. The Hall–Kier alpha value is -2.05. The largest absolute Gasteiger partial charge is 0.452 e. The summed E-state index contributed by atoms with van der Waals surface area (Å²) >= 11 is 0. The van der Waals surface area contributed by atoms with Crippen molar-refractivity contribution in [1.29, 1.82) is 0 Å². The summed E-state index contributed by atoms with van der Waals surface area (Å²) in [6.07, 6.45) is -4.56. The molecule has 0 aromatic heterocycles. The average Bonchev–Trinajstić information content (AvgIpc) is 2.25. The molecule has 0 fully saturated rings. The van der Waals surface area contributed by atoms with Crippen molar-refractivity contribution in [1.82, 2.24) is 0 Å². The summed E-state index contributed by atoms with van der Waals surface area (Å²) in [5, 5.41) is 0. The van der Waals surface area contributed by atoms with E-state index in [0.29, 0.717) is 0 Å². The van der Waals surface area contributed by atoms with Crippen LogP contribution in [0.1, 0.15) is 17.3 Å². The molecule has 0 saturated carbocycles. The van der Waals surface area contributed by atoms with E-state index in [1.807, 2.05) is 0 Å². The molecular formula is C11H9F3O4. The molecule has 0 saturated heterocycles. The van der Waals surface area contributed by atoms with Crippen LogP contribution in [-0.4, -0.2) is 24.7 Å². The molecule has 0 aliphatic rings. The van der Waals surface area contributed by atoms with E-state index < -0.39 is 24.7 Å². The lowest BCUT2D eigenvalue weighted by Crippen LogP contribution is -2.20. The van der Waals surface area contributed by atoms with E-state index >= 15 is 0 Å². The second-order valence-corrected chi connectivity index (χ2v) is 3.31. The first-order valence-electron chi connectivity index (χ1n) is 4.80. The van der Waals surface area contributed by atoms with Gasteiger partial charge in [-0.15, -0.1) is 0 Å². The minimum Gasteiger partial charge on any atom is -0.452 e. The Morgan fingerprint density at radius 3 is 2.17 bits per heavy atom. The maximum Gasteiger partial charge on any atom is 0.422 e. The zero-order valence-corrected chi connectivity index (χ0v) is 9.28. The van der Waals surface area contributed by atoms with Crippen molar-refractivity contribution in [2.75, 3.05) is 6.61 Å². The standard InChI is InChI=1S/C11H9F3O4/c1-7(15)18-9-4-2-8(3-5-9)10(16)17-6-11(12,13)14/h2-5H,6H2,1H3. The van der Waals surface area contributed by atoms with Crippen molar-refractivity contribution in [2.45, 2.75) is 13.1 Å². The van der Waals surface area contributed by atoms with Gasteiger partial charge in [0, 0.05) is 6.92 Å². The summed E-state index contributed by atoms with van der Waals surface area (Å²) in [6.45, 7) is -0.441. The van der Waals surface area contributed by atoms with Crippen LogP contribution in [0.15, 0.2) is 24.3 Å². The summed E-state index contributed by atoms with van der Waals surface area (Å²) < 4.78 is 44.1. The minimum atomic E-state index is -4.56. The van der Waals surface area contributed by atoms with E-state index in [1.54, 1.807) is 0 Å². The topological polar surface area (TPSA) is 52.6 Å². The summed E-state index contributed by atoms with van der Waals surface area (Å²) in [7, 11) is 0. The van der Waals surface area contributed by atoms with Crippen LogP contribution in [0.25, 0.3) is 0 Å². The van der Waals surface area contributed by atoms with Gasteiger partial charge in [-0.25, -0.2) is 4.79 Å². The Balaban J connectivity index is 2.62. The van der Waals surface area contributed by atoms with Gasteiger partial charge in [-0.1, -0.05) is 0 Å². The smallest absolute Gasteiger partial charge is 0.422 e. The Bertz CT molecular complexity index is 437. The first-order valence-corrected chi connectivity index (χ1v) is 4.80. The van der Waals surface area contributed by atoms with Gasteiger partial charge in [0.15, 0.2) is 6.61 Å². The molecule has 0 radical (unpaired) electrons. The fourth-order valence-electron chi connectivity index (χ4n) is 1.06. The first-order chi connectivity index (χ1) is 8.28. The Labute approximate surface area is 100 Å². The molecule has 0 atom stereocenters. The number of ether oxygens (including phenoxy) is 2. The van der Waals surface area contributed by atoms with E-state index in [0.717, 1.165) is 0 Å². The Morgan fingerprint density at radius 1 is 1.17 bits per heavy atom. The summed E-state index contributed by atoms with van der Waals surface area (Å²) in [6, 6.07) is 4.98. The highest BCUT2D eigenvalue weighted by Gasteiger charge is 2.29. The van der Waals surface area contributed by atoms with Crippen molar-refractivity contribution in [3.8, 4) is 5.75 Å². The van der Waals surface area contributed by atoms with Gasteiger partial charge in [-0.2, -0.15) is 13.2 Å². The first kappa shape index (κ1) is 14.0. The molecule has 0 N–H and O–H groups in total. The van der Waals surface area contributed by atoms with Crippen molar-refractivity contribution in [3.05, 3.63) is 29.8 Å². The van der Waals surface area contributed by atoms with Crippen LogP contribution in [0, 0.1) is 0 Å². The van der Waals surface area contributed by atoms with Gasteiger partial charge in [-0.05, 0) is 24.3 Å². The maximum absolute atomic E-state index is 11.8. The zero-order valence-electron chi connectivity index (χ0n) is 9.28. The van der Waals surface area contributed by atoms with Crippen molar-refractivity contribution >= 4 is 11.9 Å². The highest BCUT2D eigenvalue weighted by molar-refractivity contribution is 5.89. The lowest BCUT2D eigenvalue weighted by Gasteiger charge is -2.08. The van der Waals surface area contributed by atoms with Crippen LogP contribution in [0.3, 0.4) is 0 Å². The molecule has 0 unspecified atom stereocenters. The molecule has 4 nitrogen and oxygen atoms in total. The van der Waals surface area contributed by atoms with Gasteiger partial charge in [0.25, 0.3) is 0 Å². The fourth-order valence-corrected chi connectivity index (χ4v) is 1.06. The third-order valence-corrected chi connectivity index (χ3v) is 1.72. The maximum atomic E-state index is 11.8. The zero-order chi connectivity index (χ0) is 13.8. The quantitative estimate of drug-likeness (QED) is 0.619. The molecule has 18 heavy (non-hydrogen) atoms. The molecule has 1 aromatic carbocycles. The summed E-state index contributed by atoms with van der Waals surface area (Å²) in [5.41, 5.74) is -0.0600. The minimum absolute atomic E-state index is 0.0600. The van der Waals surface area contributed by atoms with E-state index in [-0.39, 0.29) is 11.3 Å². The number of rotatable bonds is 3. The van der Waals surface area contributed by atoms with Crippen molar-refractivity contribution in [3.63, 3.8) is 0 Å². The van der Waals surface area contributed by atoms with Crippen LogP contribution in [-0.2, 0) is 9.53 Å². The molecule has 0 amide bonds. The van der Waals surface area contributed by atoms with Crippen LogP contribution in [0.2, 0.25) is 0 Å². The van der Waals surface area contributed by atoms with E-state index in [1.165, 1.54) is 31.2 Å². The van der Waals surface area contributed by atoms with E-state index in [4.69, 9.17) is 4.74 Å². The van der Waals surface area contributed by atoms with Gasteiger partial charge in [0.1, 0.15) is 5.75 Å². The molecule has 98 valence electrons. The van der Waals surface area contributed by atoms with Crippen LogP contribution in [0.5, 0.6) is 5.75 Å². The number of carbonyl (C=O) groups excluding carboxylic acids is 2.